The van der Waals surface area contributed by atoms with Crippen LogP contribution >= 0.6 is 15.9 Å². The van der Waals surface area contributed by atoms with Crippen molar-refractivity contribution in [2.24, 2.45) is 0 Å². The first kappa shape index (κ1) is 18.3. The number of nitrogens with one attached hydrogen (secondary N) is 1. The maximum absolute atomic E-state index is 12.4. The molecule has 0 spiro atoms. The van der Waals surface area contributed by atoms with Gasteiger partial charge in [-0.05, 0) is 46.5 Å². The van der Waals surface area contributed by atoms with Crippen molar-refractivity contribution < 1.29 is 14.3 Å². The monoisotopic (exact) mass is 391 g/mol. The molecule has 0 aliphatic heterocycles. The predicted molar refractivity (Wildman–Crippen MR) is 99.0 cm³/mol. The number of hydrogen-bond acceptors (Lipinski definition) is 3. The summed E-state index contributed by atoms with van der Waals surface area (Å²) in [5.41, 5.74) is 1.73. The number of rotatable bonds is 8. The Hall–Kier alpha value is -2.01. The largest absolute Gasteiger partial charge is 0.493 e. The van der Waals surface area contributed by atoms with Crippen molar-refractivity contribution in [2.75, 3.05) is 20.3 Å². The van der Waals surface area contributed by atoms with Gasteiger partial charge in [-0.25, -0.2) is 0 Å². The van der Waals surface area contributed by atoms with Gasteiger partial charge in [0.2, 0.25) is 0 Å². The van der Waals surface area contributed by atoms with E-state index in [0.29, 0.717) is 34.7 Å². The number of halogens is 1. The molecule has 0 unspecified atom stereocenters. The number of methoxy groups -OCH3 is 1. The average molecular weight is 392 g/mol. The summed E-state index contributed by atoms with van der Waals surface area (Å²) in [4.78, 5) is 12.4. The summed E-state index contributed by atoms with van der Waals surface area (Å²) >= 11 is 3.46. The van der Waals surface area contributed by atoms with Crippen LogP contribution in [-0.2, 0) is 6.42 Å². The van der Waals surface area contributed by atoms with Crippen molar-refractivity contribution in [3.8, 4) is 11.5 Å². The van der Waals surface area contributed by atoms with Gasteiger partial charge in [0.05, 0.1) is 18.2 Å². The van der Waals surface area contributed by atoms with E-state index in [4.69, 9.17) is 9.47 Å². The Morgan fingerprint density at radius 1 is 1.21 bits per heavy atom. The fourth-order valence-corrected chi connectivity index (χ4v) is 2.82. The number of ether oxygens (including phenoxy) is 2. The maximum atomic E-state index is 12.4. The molecule has 0 bridgehead atoms. The van der Waals surface area contributed by atoms with Crippen molar-refractivity contribution in [3.63, 3.8) is 0 Å². The molecule has 0 aliphatic rings. The molecule has 24 heavy (non-hydrogen) atoms. The van der Waals surface area contributed by atoms with Crippen LogP contribution in [0.2, 0.25) is 0 Å². The first-order valence-corrected chi connectivity index (χ1v) is 8.77. The average Bonchev–Trinajstić information content (AvgIpc) is 2.60. The van der Waals surface area contributed by atoms with E-state index in [1.54, 1.807) is 19.2 Å². The van der Waals surface area contributed by atoms with Crippen LogP contribution in [0.25, 0.3) is 0 Å². The van der Waals surface area contributed by atoms with Crippen LogP contribution in [0.4, 0.5) is 0 Å². The molecular formula is C19H22BrNO3. The Kier molecular flexibility index (Phi) is 7.12. The SMILES string of the molecule is CCCOc1c(Br)cc(C(=O)NCCc2ccccc2)cc1OC. The fourth-order valence-electron chi connectivity index (χ4n) is 2.26. The van der Waals surface area contributed by atoms with Crippen molar-refractivity contribution in [3.05, 3.63) is 58.1 Å². The molecule has 0 fully saturated rings. The second-order valence-electron chi connectivity index (χ2n) is 5.33. The van der Waals surface area contributed by atoms with Gasteiger partial charge in [-0.1, -0.05) is 37.3 Å². The minimum Gasteiger partial charge on any atom is -0.493 e. The van der Waals surface area contributed by atoms with Crippen molar-refractivity contribution in [1.29, 1.82) is 0 Å². The lowest BCUT2D eigenvalue weighted by atomic mass is 10.1. The Balaban J connectivity index is 2.02. The molecule has 2 rings (SSSR count). The molecule has 0 saturated carbocycles. The van der Waals surface area contributed by atoms with E-state index < -0.39 is 0 Å². The Morgan fingerprint density at radius 2 is 1.96 bits per heavy atom. The second kappa shape index (κ2) is 9.33. The molecule has 1 amide bonds. The quantitative estimate of drug-likeness (QED) is 0.732. The highest BCUT2D eigenvalue weighted by Gasteiger charge is 2.15. The predicted octanol–water partition coefficient (Wildman–Crippen LogP) is 4.22. The van der Waals surface area contributed by atoms with Gasteiger partial charge in [-0.3, -0.25) is 4.79 Å². The number of carbonyl (C=O) groups excluding carboxylic acids is 1. The number of amides is 1. The number of hydrogen-bond donors (Lipinski definition) is 1. The van der Waals surface area contributed by atoms with E-state index in [0.717, 1.165) is 12.8 Å². The van der Waals surface area contributed by atoms with Crippen molar-refractivity contribution >= 4 is 21.8 Å². The van der Waals surface area contributed by atoms with Crippen LogP contribution in [-0.4, -0.2) is 26.2 Å². The van der Waals surface area contributed by atoms with Gasteiger partial charge in [-0.2, -0.15) is 0 Å². The third kappa shape index (κ3) is 4.99. The second-order valence-corrected chi connectivity index (χ2v) is 6.18. The van der Waals surface area contributed by atoms with Crippen LogP contribution in [0.3, 0.4) is 0 Å². The van der Waals surface area contributed by atoms with Crippen LogP contribution in [0.1, 0.15) is 29.3 Å². The highest BCUT2D eigenvalue weighted by molar-refractivity contribution is 9.10. The normalized spacial score (nSPS) is 10.3. The highest BCUT2D eigenvalue weighted by atomic mass is 79.9. The van der Waals surface area contributed by atoms with Crippen LogP contribution < -0.4 is 14.8 Å². The lowest BCUT2D eigenvalue weighted by Gasteiger charge is -2.14. The lowest BCUT2D eigenvalue weighted by Crippen LogP contribution is -2.25. The topological polar surface area (TPSA) is 47.6 Å². The maximum Gasteiger partial charge on any atom is 0.251 e. The Morgan fingerprint density at radius 3 is 2.62 bits per heavy atom. The molecule has 0 aliphatic carbocycles. The van der Waals surface area contributed by atoms with E-state index in [2.05, 4.69) is 21.2 Å². The molecule has 0 radical (unpaired) electrons. The summed E-state index contributed by atoms with van der Waals surface area (Å²) in [5.74, 6) is 1.04. The van der Waals surface area contributed by atoms with Gasteiger partial charge in [0, 0.05) is 12.1 Å². The minimum absolute atomic E-state index is 0.132. The van der Waals surface area contributed by atoms with Crippen LogP contribution in [0, 0.1) is 0 Å². The number of carbonyl (C=O) groups is 1. The minimum atomic E-state index is -0.132. The van der Waals surface area contributed by atoms with Crippen LogP contribution in [0.15, 0.2) is 46.9 Å². The lowest BCUT2D eigenvalue weighted by molar-refractivity contribution is 0.0953. The summed E-state index contributed by atoms with van der Waals surface area (Å²) in [6.45, 7) is 3.21. The summed E-state index contributed by atoms with van der Waals surface area (Å²) in [5, 5.41) is 2.93. The first-order chi connectivity index (χ1) is 11.7. The molecule has 128 valence electrons. The molecule has 0 heterocycles. The standard InChI is InChI=1S/C19H22BrNO3/c1-3-11-24-18-16(20)12-15(13-17(18)23-2)19(22)21-10-9-14-7-5-4-6-8-14/h4-8,12-13H,3,9-11H2,1-2H3,(H,21,22). The fraction of sp³-hybridized carbons (Fsp3) is 0.316. The molecular weight excluding hydrogens is 370 g/mol. The third-order valence-electron chi connectivity index (χ3n) is 3.48. The molecule has 2 aromatic rings. The highest BCUT2D eigenvalue weighted by Crippen LogP contribution is 2.36. The van der Waals surface area contributed by atoms with Gasteiger partial charge >= 0.3 is 0 Å². The van der Waals surface area contributed by atoms with Gasteiger partial charge < -0.3 is 14.8 Å². The Labute approximate surface area is 151 Å². The van der Waals surface area contributed by atoms with Gasteiger partial charge in [0.15, 0.2) is 11.5 Å². The molecule has 0 saturated heterocycles. The summed E-state index contributed by atoms with van der Waals surface area (Å²) in [7, 11) is 1.57. The molecule has 5 heteroatoms. The smallest absolute Gasteiger partial charge is 0.251 e. The van der Waals surface area contributed by atoms with Gasteiger partial charge in [0.1, 0.15) is 0 Å². The molecule has 0 aromatic heterocycles. The third-order valence-corrected chi connectivity index (χ3v) is 4.07. The van der Waals surface area contributed by atoms with E-state index in [-0.39, 0.29) is 5.91 Å². The Bertz CT molecular complexity index is 674. The summed E-state index contributed by atoms with van der Waals surface area (Å²) < 4.78 is 11.7. The zero-order valence-corrected chi connectivity index (χ0v) is 15.6. The molecule has 4 nitrogen and oxygen atoms in total. The van der Waals surface area contributed by atoms with Crippen molar-refractivity contribution in [1.82, 2.24) is 5.32 Å². The zero-order valence-electron chi connectivity index (χ0n) is 14.0. The van der Waals surface area contributed by atoms with Crippen molar-refractivity contribution in [2.45, 2.75) is 19.8 Å². The van der Waals surface area contributed by atoms with E-state index in [9.17, 15) is 4.79 Å². The molecule has 1 N–H and O–H groups in total. The first-order valence-electron chi connectivity index (χ1n) is 7.98. The van der Waals surface area contributed by atoms with Crippen LogP contribution in [0.5, 0.6) is 11.5 Å². The van der Waals surface area contributed by atoms with E-state index >= 15 is 0 Å². The zero-order chi connectivity index (χ0) is 17.4. The molecule has 2 aromatic carbocycles. The van der Waals surface area contributed by atoms with Gasteiger partial charge in [0.25, 0.3) is 5.91 Å². The summed E-state index contributed by atoms with van der Waals surface area (Å²) in [6, 6.07) is 13.5. The van der Waals surface area contributed by atoms with Gasteiger partial charge in [-0.15, -0.1) is 0 Å². The summed E-state index contributed by atoms with van der Waals surface area (Å²) in [6.07, 6.45) is 1.69. The molecule has 0 atom stereocenters. The van der Waals surface area contributed by atoms with E-state index in [1.807, 2.05) is 37.3 Å². The number of benzene rings is 2. The van der Waals surface area contributed by atoms with E-state index in [1.165, 1.54) is 5.56 Å².